The van der Waals surface area contributed by atoms with Gasteiger partial charge in [0.25, 0.3) is 0 Å². The van der Waals surface area contributed by atoms with E-state index in [0.29, 0.717) is 11.7 Å². The van der Waals surface area contributed by atoms with Crippen molar-refractivity contribution in [2.24, 2.45) is 11.7 Å². The average molecular weight is 267 g/mol. The minimum Gasteiger partial charge on any atom is -0.470 e. The molecular weight excluding hydrogens is 250 g/mol. The molecule has 0 radical (unpaired) electrons. The summed E-state index contributed by atoms with van der Waals surface area (Å²) in [5, 5.41) is 0. The second-order valence-electron chi connectivity index (χ2n) is 5.57. The van der Waals surface area contributed by atoms with Gasteiger partial charge in [-0.1, -0.05) is 6.07 Å². The highest BCUT2D eigenvalue weighted by atomic mass is 32.2. The van der Waals surface area contributed by atoms with Crippen molar-refractivity contribution in [1.82, 2.24) is 0 Å². The largest absolute Gasteiger partial charge is 0.470 e. The molecule has 1 unspecified atom stereocenters. The van der Waals surface area contributed by atoms with E-state index in [9.17, 15) is 8.42 Å². The summed E-state index contributed by atoms with van der Waals surface area (Å²) in [5.41, 5.74) is 7.00. The van der Waals surface area contributed by atoms with Gasteiger partial charge in [0.05, 0.1) is 0 Å². The Balaban J connectivity index is 2.08. The normalized spacial score (nSPS) is 25.3. The number of fused-ring (bicyclic) bond motifs is 1. The van der Waals surface area contributed by atoms with E-state index in [0.717, 1.165) is 18.4 Å². The van der Waals surface area contributed by atoms with E-state index in [2.05, 4.69) is 0 Å². The number of benzene rings is 1. The monoisotopic (exact) mass is 267 g/mol. The topological polar surface area (TPSA) is 69.4 Å². The quantitative estimate of drug-likeness (QED) is 0.889. The Bertz CT molecular complexity index is 603. The number of hydrogen-bond acceptors (Lipinski definition) is 4. The zero-order valence-electron chi connectivity index (χ0n) is 10.5. The molecule has 5 heteroatoms. The first-order valence-corrected chi connectivity index (χ1v) is 7.64. The van der Waals surface area contributed by atoms with Gasteiger partial charge in [0.1, 0.15) is 10.6 Å². The summed E-state index contributed by atoms with van der Waals surface area (Å²) < 4.78 is 30.1. The van der Waals surface area contributed by atoms with Gasteiger partial charge in [0.2, 0.25) is 14.8 Å². The van der Waals surface area contributed by atoms with Crippen LogP contribution in [0.1, 0.15) is 38.3 Å². The molecule has 18 heavy (non-hydrogen) atoms. The van der Waals surface area contributed by atoms with Crippen molar-refractivity contribution < 1.29 is 13.2 Å². The van der Waals surface area contributed by atoms with Crippen LogP contribution < -0.4 is 10.5 Å². The summed E-state index contributed by atoms with van der Waals surface area (Å²) in [6.45, 7) is 3.14. The zero-order valence-corrected chi connectivity index (χ0v) is 11.3. The van der Waals surface area contributed by atoms with Gasteiger partial charge in [-0.05, 0) is 50.3 Å². The van der Waals surface area contributed by atoms with Gasteiger partial charge in [-0.25, -0.2) is 8.42 Å². The van der Waals surface area contributed by atoms with Crippen molar-refractivity contribution in [2.75, 3.05) is 0 Å². The molecule has 0 amide bonds. The Morgan fingerprint density at radius 2 is 2.06 bits per heavy atom. The number of ether oxygens (including phenoxy) is 1. The molecule has 0 aromatic heterocycles. The fourth-order valence-electron chi connectivity index (χ4n) is 2.34. The van der Waals surface area contributed by atoms with Crippen molar-refractivity contribution in [2.45, 2.75) is 42.6 Å². The van der Waals surface area contributed by atoms with E-state index in [4.69, 9.17) is 10.5 Å². The van der Waals surface area contributed by atoms with Crippen molar-refractivity contribution in [3.8, 4) is 5.75 Å². The van der Waals surface area contributed by atoms with Crippen molar-refractivity contribution in [3.05, 3.63) is 23.8 Å². The van der Waals surface area contributed by atoms with Crippen molar-refractivity contribution >= 4 is 9.84 Å². The number of nitrogens with two attached hydrogens (primary N) is 1. The van der Waals surface area contributed by atoms with Gasteiger partial charge in [-0.15, -0.1) is 0 Å². The first kappa shape index (κ1) is 12.0. The maximum absolute atomic E-state index is 12.3. The lowest BCUT2D eigenvalue weighted by molar-refractivity contribution is 0.204. The Morgan fingerprint density at radius 3 is 2.67 bits per heavy atom. The lowest BCUT2D eigenvalue weighted by Crippen LogP contribution is -2.32. The minimum atomic E-state index is -3.42. The molecule has 1 aromatic carbocycles. The molecule has 0 saturated heterocycles. The highest BCUT2D eigenvalue weighted by Gasteiger charge is 2.46. The van der Waals surface area contributed by atoms with Gasteiger partial charge in [0, 0.05) is 6.04 Å². The van der Waals surface area contributed by atoms with E-state index in [1.165, 1.54) is 0 Å². The van der Waals surface area contributed by atoms with Crippen LogP contribution in [0, 0.1) is 5.92 Å². The van der Waals surface area contributed by atoms with Crippen LogP contribution in [0.25, 0.3) is 0 Å². The maximum atomic E-state index is 12.3. The molecule has 1 aliphatic heterocycles. The number of rotatable bonds is 2. The Morgan fingerprint density at radius 1 is 1.39 bits per heavy atom. The molecule has 1 atom stereocenters. The summed E-state index contributed by atoms with van der Waals surface area (Å²) >= 11 is 0. The SMILES string of the molecule is CC1(C)Oc2ccc(C(N)C3CC3)cc2S1(=O)=O. The van der Waals surface area contributed by atoms with Crippen LogP contribution in [0.4, 0.5) is 0 Å². The van der Waals surface area contributed by atoms with Gasteiger partial charge in [-0.2, -0.15) is 0 Å². The molecule has 3 rings (SSSR count). The number of hydrogen-bond donors (Lipinski definition) is 1. The van der Waals surface area contributed by atoms with Crippen LogP contribution in [0.15, 0.2) is 23.1 Å². The summed E-state index contributed by atoms with van der Waals surface area (Å²) in [4.78, 5) is -0.904. The van der Waals surface area contributed by atoms with Crippen LogP contribution in [0.2, 0.25) is 0 Å². The molecule has 1 aliphatic carbocycles. The average Bonchev–Trinajstić information content (AvgIpc) is 3.08. The first-order valence-electron chi connectivity index (χ1n) is 6.16. The van der Waals surface area contributed by atoms with E-state index in [1.807, 2.05) is 6.07 Å². The van der Waals surface area contributed by atoms with Gasteiger partial charge >= 0.3 is 0 Å². The second kappa shape index (κ2) is 3.48. The maximum Gasteiger partial charge on any atom is 0.222 e. The van der Waals surface area contributed by atoms with Gasteiger partial charge in [0.15, 0.2) is 0 Å². The highest BCUT2D eigenvalue weighted by molar-refractivity contribution is 7.93. The Kier molecular flexibility index (Phi) is 2.32. The van der Waals surface area contributed by atoms with Crippen LogP contribution >= 0.6 is 0 Å². The third kappa shape index (κ3) is 1.57. The smallest absolute Gasteiger partial charge is 0.222 e. The molecular formula is C13H17NO3S. The van der Waals surface area contributed by atoms with Gasteiger partial charge in [-0.3, -0.25) is 0 Å². The van der Waals surface area contributed by atoms with E-state index in [-0.39, 0.29) is 10.9 Å². The molecule has 1 fully saturated rings. The lowest BCUT2D eigenvalue weighted by Gasteiger charge is -2.15. The van der Waals surface area contributed by atoms with E-state index < -0.39 is 14.8 Å². The molecule has 98 valence electrons. The predicted molar refractivity (Wildman–Crippen MR) is 68.0 cm³/mol. The molecule has 0 bridgehead atoms. The third-order valence-corrected chi connectivity index (χ3v) is 6.05. The molecule has 1 heterocycles. The fraction of sp³-hybridized carbons (Fsp3) is 0.538. The van der Waals surface area contributed by atoms with Gasteiger partial charge < -0.3 is 10.5 Å². The fourth-order valence-corrected chi connectivity index (χ4v) is 3.73. The predicted octanol–water partition coefficient (Wildman–Crippen LogP) is 2.00. The molecule has 2 aliphatic rings. The standard InChI is InChI=1S/C13H17NO3S/c1-13(2)17-10-6-5-9(12(14)8-3-4-8)7-11(10)18(13,15)16/h5-8,12H,3-4,14H2,1-2H3. The Hall–Kier alpha value is -1.07. The second-order valence-corrected chi connectivity index (χ2v) is 8.00. The lowest BCUT2D eigenvalue weighted by atomic mass is 10.0. The van der Waals surface area contributed by atoms with Crippen LogP contribution in [-0.4, -0.2) is 13.4 Å². The summed E-state index contributed by atoms with van der Waals surface area (Å²) in [6, 6.07) is 5.22. The summed E-state index contributed by atoms with van der Waals surface area (Å²) in [5.74, 6) is 0.938. The van der Waals surface area contributed by atoms with Crippen LogP contribution in [-0.2, 0) is 9.84 Å². The Labute approximate surface area is 107 Å². The van der Waals surface area contributed by atoms with E-state index >= 15 is 0 Å². The number of sulfone groups is 1. The first-order chi connectivity index (χ1) is 8.33. The zero-order chi connectivity index (χ0) is 13.1. The van der Waals surface area contributed by atoms with E-state index in [1.54, 1.807) is 26.0 Å². The molecule has 4 nitrogen and oxygen atoms in total. The van der Waals surface area contributed by atoms with Crippen molar-refractivity contribution in [1.29, 1.82) is 0 Å². The summed E-state index contributed by atoms with van der Waals surface area (Å²) in [6.07, 6.45) is 2.26. The van der Waals surface area contributed by atoms with Crippen LogP contribution in [0.5, 0.6) is 5.75 Å². The summed E-state index contributed by atoms with van der Waals surface area (Å²) in [7, 11) is -3.42. The molecule has 2 N–H and O–H groups in total. The molecule has 1 saturated carbocycles. The van der Waals surface area contributed by atoms with Crippen LogP contribution in [0.3, 0.4) is 0 Å². The minimum absolute atomic E-state index is 0.0609. The molecule has 1 aromatic rings. The highest BCUT2D eigenvalue weighted by Crippen LogP contribution is 2.45. The molecule has 0 spiro atoms. The van der Waals surface area contributed by atoms with Crippen molar-refractivity contribution in [3.63, 3.8) is 0 Å². The third-order valence-electron chi connectivity index (χ3n) is 3.77.